The molecule has 1 atom stereocenters. The van der Waals surface area contributed by atoms with Crippen molar-refractivity contribution in [3.63, 3.8) is 0 Å². The maximum Gasteiger partial charge on any atom is 0.246 e. The van der Waals surface area contributed by atoms with Crippen LogP contribution in [0.1, 0.15) is 19.3 Å². The normalized spacial score (nSPS) is 23.2. The number of anilines is 1. The molecule has 1 unspecified atom stereocenters. The molecule has 8 heteroatoms. The van der Waals surface area contributed by atoms with Gasteiger partial charge in [-0.1, -0.05) is 6.42 Å². The van der Waals surface area contributed by atoms with E-state index in [4.69, 9.17) is 4.74 Å². The molecule has 140 valence electrons. The Hall–Kier alpha value is -1.22. The lowest BCUT2D eigenvalue weighted by Gasteiger charge is -2.36. The second kappa shape index (κ2) is 7.99. The van der Waals surface area contributed by atoms with E-state index in [9.17, 15) is 8.42 Å². The number of ether oxygens (including phenoxy) is 1. The molecular formula is C17H28N4O3S. The average molecular weight is 369 g/mol. The van der Waals surface area contributed by atoms with Crippen LogP contribution < -0.4 is 4.90 Å². The van der Waals surface area contributed by atoms with Crippen molar-refractivity contribution in [1.29, 1.82) is 0 Å². The minimum atomic E-state index is -3.50. The highest BCUT2D eigenvalue weighted by Crippen LogP contribution is 2.28. The molecule has 1 aromatic rings. The van der Waals surface area contributed by atoms with E-state index in [0.717, 1.165) is 25.8 Å². The van der Waals surface area contributed by atoms with E-state index in [1.165, 1.54) is 0 Å². The lowest BCUT2D eigenvalue weighted by molar-refractivity contribution is 0.0243. The van der Waals surface area contributed by atoms with E-state index in [0.29, 0.717) is 43.5 Å². The van der Waals surface area contributed by atoms with E-state index >= 15 is 0 Å². The third-order valence-corrected chi connectivity index (χ3v) is 6.61. The Bertz CT molecular complexity index is 674. The Labute approximate surface area is 150 Å². The SMILES string of the molecule is CN(C)CC1CN(c2ncccc2S(=O)(=O)N2CCCCC2)CCO1. The Morgan fingerprint density at radius 2 is 2.00 bits per heavy atom. The van der Waals surface area contributed by atoms with E-state index in [1.54, 1.807) is 22.6 Å². The third kappa shape index (κ3) is 4.31. The number of hydrogen-bond donors (Lipinski definition) is 0. The van der Waals surface area contributed by atoms with Crippen LogP contribution in [0, 0.1) is 0 Å². The topological polar surface area (TPSA) is 66.0 Å². The highest BCUT2D eigenvalue weighted by molar-refractivity contribution is 7.89. The van der Waals surface area contributed by atoms with Crippen LogP contribution in [-0.4, -0.2) is 82.1 Å². The van der Waals surface area contributed by atoms with Gasteiger partial charge in [0.15, 0.2) is 0 Å². The van der Waals surface area contributed by atoms with Crippen molar-refractivity contribution in [3.8, 4) is 0 Å². The lowest BCUT2D eigenvalue weighted by atomic mass is 10.2. The molecule has 0 spiro atoms. The molecule has 0 aliphatic carbocycles. The summed E-state index contributed by atoms with van der Waals surface area (Å²) in [7, 11) is 0.514. The number of piperidine rings is 1. The summed E-state index contributed by atoms with van der Waals surface area (Å²) in [5, 5.41) is 0. The number of rotatable bonds is 5. The molecular weight excluding hydrogens is 340 g/mol. The first-order chi connectivity index (χ1) is 12.0. The zero-order chi connectivity index (χ0) is 17.9. The fourth-order valence-electron chi connectivity index (χ4n) is 3.49. The van der Waals surface area contributed by atoms with Gasteiger partial charge in [-0.2, -0.15) is 4.31 Å². The summed E-state index contributed by atoms with van der Waals surface area (Å²) in [6.07, 6.45) is 4.67. The van der Waals surface area contributed by atoms with Gasteiger partial charge in [0, 0.05) is 38.9 Å². The minimum Gasteiger partial charge on any atom is -0.373 e. The van der Waals surface area contributed by atoms with Gasteiger partial charge in [0.1, 0.15) is 10.7 Å². The number of aromatic nitrogens is 1. The molecule has 0 radical (unpaired) electrons. The van der Waals surface area contributed by atoms with Crippen molar-refractivity contribution in [3.05, 3.63) is 18.3 Å². The van der Waals surface area contributed by atoms with Crippen LogP contribution in [0.4, 0.5) is 5.82 Å². The maximum atomic E-state index is 13.1. The van der Waals surface area contributed by atoms with Gasteiger partial charge in [-0.15, -0.1) is 0 Å². The lowest BCUT2D eigenvalue weighted by Crippen LogP contribution is -2.47. The Morgan fingerprint density at radius 3 is 2.72 bits per heavy atom. The molecule has 0 bridgehead atoms. The molecule has 0 saturated carbocycles. The van der Waals surface area contributed by atoms with Gasteiger partial charge in [0.05, 0.1) is 12.7 Å². The second-order valence-corrected chi connectivity index (χ2v) is 8.90. The van der Waals surface area contributed by atoms with Crippen molar-refractivity contribution in [2.75, 3.05) is 58.3 Å². The van der Waals surface area contributed by atoms with Gasteiger partial charge in [-0.3, -0.25) is 0 Å². The number of hydrogen-bond acceptors (Lipinski definition) is 6. The monoisotopic (exact) mass is 368 g/mol. The number of likely N-dealkylation sites (N-methyl/N-ethyl adjacent to an activating group) is 1. The Kier molecular flexibility index (Phi) is 5.93. The molecule has 3 heterocycles. The number of pyridine rings is 1. The van der Waals surface area contributed by atoms with E-state index < -0.39 is 10.0 Å². The molecule has 2 aliphatic heterocycles. The average Bonchev–Trinajstić information content (AvgIpc) is 2.62. The highest BCUT2D eigenvalue weighted by atomic mass is 32.2. The van der Waals surface area contributed by atoms with Crippen LogP contribution in [0.3, 0.4) is 0 Å². The van der Waals surface area contributed by atoms with Gasteiger partial charge in [0.2, 0.25) is 10.0 Å². The predicted octanol–water partition coefficient (Wildman–Crippen LogP) is 1.02. The maximum absolute atomic E-state index is 13.1. The Balaban J connectivity index is 1.85. The molecule has 25 heavy (non-hydrogen) atoms. The summed E-state index contributed by atoms with van der Waals surface area (Å²) in [6, 6.07) is 3.39. The molecule has 3 rings (SSSR count). The quantitative estimate of drug-likeness (QED) is 0.773. The van der Waals surface area contributed by atoms with Gasteiger partial charge in [0.25, 0.3) is 0 Å². The summed E-state index contributed by atoms with van der Waals surface area (Å²) in [5.74, 6) is 0.556. The predicted molar refractivity (Wildman–Crippen MR) is 97.4 cm³/mol. The number of nitrogens with zero attached hydrogens (tertiary/aromatic N) is 4. The van der Waals surface area contributed by atoms with E-state index in [-0.39, 0.29) is 6.10 Å². The molecule has 0 aromatic carbocycles. The molecule has 2 fully saturated rings. The minimum absolute atomic E-state index is 0.0521. The van der Waals surface area contributed by atoms with Crippen molar-refractivity contribution in [2.24, 2.45) is 0 Å². The molecule has 7 nitrogen and oxygen atoms in total. The van der Waals surface area contributed by atoms with Gasteiger partial charge in [-0.25, -0.2) is 13.4 Å². The summed E-state index contributed by atoms with van der Waals surface area (Å²) in [4.78, 5) is 8.88. The second-order valence-electron chi connectivity index (χ2n) is 6.99. The Morgan fingerprint density at radius 1 is 1.24 bits per heavy atom. The van der Waals surface area contributed by atoms with Crippen molar-refractivity contribution < 1.29 is 13.2 Å². The van der Waals surface area contributed by atoms with Crippen LogP contribution in [0.25, 0.3) is 0 Å². The first-order valence-electron chi connectivity index (χ1n) is 8.95. The van der Waals surface area contributed by atoms with Gasteiger partial charge < -0.3 is 14.5 Å². The summed E-state index contributed by atoms with van der Waals surface area (Å²) in [5.41, 5.74) is 0. The van der Waals surface area contributed by atoms with Crippen LogP contribution in [-0.2, 0) is 14.8 Å². The fourth-order valence-corrected chi connectivity index (χ4v) is 5.17. The van der Waals surface area contributed by atoms with Gasteiger partial charge >= 0.3 is 0 Å². The number of sulfonamides is 1. The first kappa shape index (κ1) is 18.6. The summed E-state index contributed by atoms with van der Waals surface area (Å²) >= 11 is 0. The van der Waals surface area contributed by atoms with Crippen molar-refractivity contribution in [2.45, 2.75) is 30.3 Å². The van der Waals surface area contributed by atoms with E-state index in [1.807, 2.05) is 14.1 Å². The smallest absolute Gasteiger partial charge is 0.246 e. The molecule has 2 saturated heterocycles. The summed E-state index contributed by atoms with van der Waals surface area (Å²) < 4.78 is 33.7. The zero-order valence-corrected chi connectivity index (χ0v) is 15.9. The molecule has 0 amide bonds. The zero-order valence-electron chi connectivity index (χ0n) is 15.1. The van der Waals surface area contributed by atoms with Crippen LogP contribution in [0.5, 0.6) is 0 Å². The van der Waals surface area contributed by atoms with Crippen molar-refractivity contribution in [1.82, 2.24) is 14.2 Å². The van der Waals surface area contributed by atoms with Crippen LogP contribution in [0.15, 0.2) is 23.2 Å². The first-order valence-corrected chi connectivity index (χ1v) is 10.4. The van der Waals surface area contributed by atoms with Crippen molar-refractivity contribution >= 4 is 15.8 Å². The van der Waals surface area contributed by atoms with Crippen LogP contribution in [0.2, 0.25) is 0 Å². The number of morpholine rings is 1. The highest BCUT2D eigenvalue weighted by Gasteiger charge is 2.32. The summed E-state index contributed by atoms with van der Waals surface area (Å²) in [6.45, 7) is 3.89. The van der Waals surface area contributed by atoms with Crippen LogP contribution >= 0.6 is 0 Å². The molecule has 2 aliphatic rings. The largest absolute Gasteiger partial charge is 0.373 e. The standard InChI is InChI=1S/C17H28N4O3S/c1-19(2)13-15-14-20(11-12-24-15)17-16(7-6-8-18-17)25(22,23)21-9-4-3-5-10-21/h6-8,15H,3-5,9-14H2,1-2H3. The van der Waals surface area contributed by atoms with E-state index in [2.05, 4.69) is 14.8 Å². The fraction of sp³-hybridized carbons (Fsp3) is 0.706. The third-order valence-electron chi connectivity index (χ3n) is 4.69. The van der Waals surface area contributed by atoms with Gasteiger partial charge in [-0.05, 0) is 39.1 Å². The molecule has 0 N–H and O–H groups in total. The molecule has 1 aromatic heterocycles.